The van der Waals surface area contributed by atoms with Gasteiger partial charge in [0, 0.05) is 17.8 Å². The molecule has 1 aliphatic heterocycles. The van der Waals surface area contributed by atoms with Crippen LogP contribution in [0.4, 0.5) is 0 Å². The van der Waals surface area contributed by atoms with Crippen LogP contribution in [-0.4, -0.2) is 30.0 Å². The molecule has 1 aromatic heterocycles. The number of aromatic nitrogens is 1. The molecule has 1 fully saturated rings. The van der Waals surface area contributed by atoms with Crippen molar-refractivity contribution in [1.29, 1.82) is 0 Å². The lowest BCUT2D eigenvalue weighted by molar-refractivity contribution is 0.253. The molecule has 0 unspecified atom stereocenters. The van der Waals surface area contributed by atoms with Gasteiger partial charge in [0.15, 0.2) is 0 Å². The van der Waals surface area contributed by atoms with Crippen molar-refractivity contribution in [3.8, 4) is 0 Å². The van der Waals surface area contributed by atoms with Crippen molar-refractivity contribution in [3.63, 3.8) is 0 Å². The highest BCUT2D eigenvalue weighted by Crippen LogP contribution is 2.27. The first kappa shape index (κ1) is 13.5. The predicted molar refractivity (Wildman–Crippen MR) is 76.9 cm³/mol. The smallest absolute Gasteiger partial charge is 0.0435 e. The third kappa shape index (κ3) is 3.81. The van der Waals surface area contributed by atoms with Crippen LogP contribution in [0.2, 0.25) is 0 Å². The maximum absolute atomic E-state index is 4.69. The Bertz CT molecular complexity index is 367. The molecule has 0 N–H and O–H groups in total. The second-order valence-corrected chi connectivity index (χ2v) is 6.91. The molecule has 0 saturated carbocycles. The molecular weight excluding hydrogens is 220 g/mol. The van der Waals surface area contributed by atoms with Crippen LogP contribution in [-0.2, 0) is 6.42 Å². The lowest BCUT2D eigenvalue weighted by Gasteiger charge is -2.28. The van der Waals surface area contributed by atoms with Crippen molar-refractivity contribution in [2.75, 3.05) is 20.1 Å². The average molecular weight is 246 g/mol. The minimum Gasteiger partial charge on any atom is -0.306 e. The largest absolute Gasteiger partial charge is 0.306 e. The van der Waals surface area contributed by atoms with E-state index in [9.17, 15) is 0 Å². The van der Waals surface area contributed by atoms with Crippen molar-refractivity contribution < 1.29 is 0 Å². The van der Waals surface area contributed by atoms with Crippen LogP contribution in [0.15, 0.2) is 18.3 Å². The van der Waals surface area contributed by atoms with Crippen LogP contribution in [0.3, 0.4) is 0 Å². The van der Waals surface area contributed by atoms with Gasteiger partial charge in [-0.05, 0) is 56.4 Å². The number of nitrogens with zero attached hydrogens (tertiary/aromatic N) is 2. The minimum atomic E-state index is 0.344. The third-order valence-electron chi connectivity index (χ3n) is 3.72. The average Bonchev–Trinajstić information content (AvgIpc) is 2.29. The number of hydrogen-bond acceptors (Lipinski definition) is 2. The van der Waals surface area contributed by atoms with Gasteiger partial charge in [-0.3, -0.25) is 4.98 Å². The second-order valence-electron chi connectivity index (χ2n) is 6.91. The molecule has 2 heteroatoms. The maximum Gasteiger partial charge on any atom is 0.0435 e. The highest BCUT2D eigenvalue weighted by molar-refractivity contribution is 5.18. The van der Waals surface area contributed by atoms with Crippen LogP contribution < -0.4 is 0 Å². The summed E-state index contributed by atoms with van der Waals surface area (Å²) in [6, 6.07) is 4.52. The van der Waals surface area contributed by atoms with E-state index in [1.165, 1.54) is 37.2 Å². The summed E-state index contributed by atoms with van der Waals surface area (Å²) in [5, 5.41) is 0. The number of pyridine rings is 1. The zero-order chi connectivity index (χ0) is 13.2. The van der Waals surface area contributed by atoms with Gasteiger partial charge in [-0.2, -0.15) is 0 Å². The van der Waals surface area contributed by atoms with Crippen LogP contribution in [0.5, 0.6) is 0 Å². The van der Waals surface area contributed by atoms with E-state index in [1.807, 2.05) is 0 Å². The van der Waals surface area contributed by atoms with Crippen LogP contribution >= 0.6 is 0 Å². The van der Waals surface area contributed by atoms with Gasteiger partial charge >= 0.3 is 0 Å². The maximum atomic E-state index is 4.69. The lowest BCUT2D eigenvalue weighted by atomic mass is 9.88. The van der Waals surface area contributed by atoms with Gasteiger partial charge < -0.3 is 4.90 Å². The quantitative estimate of drug-likeness (QED) is 0.794. The molecule has 0 radical (unpaired) electrons. The summed E-state index contributed by atoms with van der Waals surface area (Å²) in [7, 11) is 2.20. The number of piperidine rings is 1. The molecule has 18 heavy (non-hydrogen) atoms. The summed E-state index contributed by atoms with van der Waals surface area (Å²) in [6.45, 7) is 9.24. The highest BCUT2D eigenvalue weighted by atomic mass is 15.1. The third-order valence-corrected chi connectivity index (χ3v) is 3.72. The molecule has 1 saturated heterocycles. The molecule has 2 nitrogen and oxygen atoms in total. The van der Waals surface area contributed by atoms with E-state index in [4.69, 9.17) is 4.98 Å². The molecule has 2 rings (SSSR count). The summed E-state index contributed by atoms with van der Waals surface area (Å²) in [6.07, 6.45) is 5.69. The Kier molecular flexibility index (Phi) is 4.06. The molecule has 0 amide bonds. The van der Waals surface area contributed by atoms with E-state index in [0.29, 0.717) is 11.3 Å². The molecule has 1 aromatic rings. The molecule has 0 bridgehead atoms. The predicted octanol–water partition coefficient (Wildman–Crippen LogP) is 3.48. The Morgan fingerprint density at radius 2 is 1.89 bits per heavy atom. The molecule has 100 valence electrons. The standard InChI is InChI=1S/C16H26N2/c1-16(2,3)11-13-5-6-15(17-12-13)14-7-9-18(4)10-8-14/h5-6,12,14H,7-11H2,1-4H3. The molecule has 0 aromatic carbocycles. The van der Waals surface area contributed by atoms with Crippen LogP contribution in [0.1, 0.15) is 50.8 Å². The lowest BCUT2D eigenvalue weighted by Crippen LogP contribution is -2.29. The van der Waals surface area contributed by atoms with E-state index in [0.717, 1.165) is 6.42 Å². The fourth-order valence-electron chi connectivity index (χ4n) is 2.70. The van der Waals surface area contributed by atoms with Gasteiger partial charge in [0.25, 0.3) is 0 Å². The van der Waals surface area contributed by atoms with Crippen LogP contribution in [0, 0.1) is 5.41 Å². The van der Waals surface area contributed by atoms with Crippen molar-refractivity contribution in [2.24, 2.45) is 5.41 Å². The Balaban J connectivity index is 1.99. The van der Waals surface area contributed by atoms with E-state index >= 15 is 0 Å². The summed E-state index contributed by atoms with van der Waals surface area (Å²) >= 11 is 0. The van der Waals surface area contributed by atoms with Crippen molar-refractivity contribution in [2.45, 2.75) is 46.0 Å². The van der Waals surface area contributed by atoms with Gasteiger partial charge in [-0.15, -0.1) is 0 Å². The summed E-state index contributed by atoms with van der Waals surface area (Å²) in [5.41, 5.74) is 3.00. The van der Waals surface area contributed by atoms with E-state index in [1.54, 1.807) is 0 Å². The first-order valence-electron chi connectivity index (χ1n) is 7.07. The molecular formula is C16H26N2. The summed E-state index contributed by atoms with van der Waals surface area (Å²) < 4.78 is 0. The van der Waals surface area contributed by atoms with Crippen LogP contribution in [0.25, 0.3) is 0 Å². The Hall–Kier alpha value is -0.890. The van der Waals surface area contributed by atoms with Gasteiger partial charge in [0.05, 0.1) is 0 Å². The second kappa shape index (κ2) is 5.40. The molecule has 0 atom stereocenters. The number of likely N-dealkylation sites (tertiary alicyclic amines) is 1. The van der Waals surface area contributed by atoms with Crippen molar-refractivity contribution >= 4 is 0 Å². The minimum absolute atomic E-state index is 0.344. The first-order chi connectivity index (χ1) is 8.44. The summed E-state index contributed by atoms with van der Waals surface area (Å²) in [5.74, 6) is 0.671. The summed E-state index contributed by atoms with van der Waals surface area (Å²) in [4.78, 5) is 7.10. The Morgan fingerprint density at radius 3 is 2.39 bits per heavy atom. The molecule has 0 spiro atoms. The fraction of sp³-hybridized carbons (Fsp3) is 0.688. The fourth-order valence-corrected chi connectivity index (χ4v) is 2.70. The normalized spacial score (nSPS) is 19.1. The number of rotatable bonds is 2. The first-order valence-corrected chi connectivity index (χ1v) is 7.07. The number of hydrogen-bond donors (Lipinski definition) is 0. The van der Waals surface area contributed by atoms with E-state index in [-0.39, 0.29) is 0 Å². The zero-order valence-electron chi connectivity index (χ0n) is 12.2. The molecule has 0 aliphatic carbocycles. The Labute approximate surface area is 111 Å². The monoisotopic (exact) mass is 246 g/mol. The topological polar surface area (TPSA) is 16.1 Å². The van der Waals surface area contributed by atoms with Gasteiger partial charge in [0.2, 0.25) is 0 Å². The van der Waals surface area contributed by atoms with E-state index in [2.05, 4.69) is 51.0 Å². The highest BCUT2D eigenvalue weighted by Gasteiger charge is 2.19. The van der Waals surface area contributed by atoms with Gasteiger partial charge in [-0.25, -0.2) is 0 Å². The molecule has 1 aliphatic rings. The SMILES string of the molecule is CN1CCC(c2ccc(CC(C)(C)C)cn2)CC1. The Morgan fingerprint density at radius 1 is 1.22 bits per heavy atom. The van der Waals surface area contributed by atoms with Gasteiger partial charge in [-0.1, -0.05) is 26.8 Å². The van der Waals surface area contributed by atoms with Crippen molar-refractivity contribution in [1.82, 2.24) is 9.88 Å². The van der Waals surface area contributed by atoms with Crippen molar-refractivity contribution in [3.05, 3.63) is 29.6 Å². The zero-order valence-corrected chi connectivity index (χ0v) is 12.2. The van der Waals surface area contributed by atoms with E-state index < -0.39 is 0 Å². The van der Waals surface area contributed by atoms with Gasteiger partial charge in [0.1, 0.15) is 0 Å². The molecule has 2 heterocycles.